The van der Waals surface area contributed by atoms with Crippen LogP contribution in [0.4, 0.5) is 0 Å². The van der Waals surface area contributed by atoms with Crippen molar-refractivity contribution in [1.82, 2.24) is 4.98 Å². The summed E-state index contributed by atoms with van der Waals surface area (Å²) in [6.07, 6.45) is 11.9. The number of fused-ring (bicyclic) bond motifs is 1. The zero-order valence-corrected chi connectivity index (χ0v) is 38.1. The van der Waals surface area contributed by atoms with Gasteiger partial charge in [0.2, 0.25) is 0 Å². The maximum atomic E-state index is 5.98. The van der Waals surface area contributed by atoms with Gasteiger partial charge in [0, 0.05) is 5.41 Å². The van der Waals surface area contributed by atoms with E-state index >= 15 is 0 Å². The Morgan fingerprint density at radius 1 is 0.625 bits per heavy atom. The first-order valence-electron chi connectivity index (χ1n) is 23.0. The summed E-state index contributed by atoms with van der Waals surface area (Å²) in [6.45, 7) is 6.71. The Hall–Kier alpha value is -6.12. The molecule has 3 aliphatic carbocycles. The largest absolute Gasteiger partial charge is 2.00 e. The van der Waals surface area contributed by atoms with E-state index < -0.39 is 10.8 Å². The molecule has 2 bridgehead atoms. The molecule has 0 spiro atoms. The molecule has 1 aromatic heterocycles. The molecule has 1 fully saturated rings. The molecule has 0 N–H and O–H groups in total. The second kappa shape index (κ2) is 17.1. The van der Waals surface area contributed by atoms with E-state index in [1.165, 1.54) is 82.2 Å². The van der Waals surface area contributed by atoms with Gasteiger partial charge < -0.3 is 4.98 Å². The van der Waals surface area contributed by atoms with Crippen LogP contribution in [0.15, 0.2) is 210 Å². The summed E-state index contributed by atoms with van der Waals surface area (Å²) >= 11 is 0. The second-order valence-corrected chi connectivity index (χ2v) is 18.5. The molecule has 7 aromatic rings. The van der Waals surface area contributed by atoms with E-state index in [1.807, 2.05) is 0 Å². The molecule has 1 saturated carbocycles. The van der Waals surface area contributed by atoms with Gasteiger partial charge in [-0.25, -0.2) is 17.1 Å². The number of aliphatic imine (C=N–C) groups is 1. The molecule has 316 valence electrons. The summed E-state index contributed by atoms with van der Waals surface area (Å²) in [5.41, 5.74) is 18.6. The van der Waals surface area contributed by atoms with Gasteiger partial charge in [0.25, 0.3) is 0 Å². The van der Waals surface area contributed by atoms with Crippen LogP contribution in [0, 0.1) is 38.5 Å². The summed E-state index contributed by atoms with van der Waals surface area (Å²) in [5, 5.41) is 0. The molecule has 0 unspecified atom stereocenters. The van der Waals surface area contributed by atoms with E-state index in [2.05, 4.69) is 209 Å². The summed E-state index contributed by atoms with van der Waals surface area (Å²) in [4.78, 5) is 11.8. The van der Waals surface area contributed by atoms with Crippen molar-refractivity contribution >= 4 is 11.3 Å². The Morgan fingerprint density at radius 3 is 1.67 bits per heavy atom. The van der Waals surface area contributed by atoms with Crippen LogP contribution >= 0.6 is 0 Å². The zero-order valence-electron chi connectivity index (χ0n) is 37.0. The van der Waals surface area contributed by atoms with Crippen molar-refractivity contribution in [2.75, 3.05) is 0 Å². The minimum absolute atomic E-state index is 0. The van der Waals surface area contributed by atoms with Crippen molar-refractivity contribution in [3.8, 4) is 0 Å². The van der Waals surface area contributed by atoms with Crippen LogP contribution in [0.2, 0.25) is 0 Å². The first kappa shape index (κ1) is 41.9. The minimum atomic E-state index is -0.656. The third kappa shape index (κ3) is 6.75. The third-order valence-corrected chi connectivity index (χ3v) is 15.0. The van der Waals surface area contributed by atoms with Gasteiger partial charge in [-0.15, -0.1) is 17.8 Å². The van der Waals surface area contributed by atoms with Crippen LogP contribution < -0.4 is 4.98 Å². The van der Waals surface area contributed by atoms with Crippen LogP contribution in [0.3, 0.4) is 0 Å². The van der Waals surface area contributed by atoms with Crippen molar-refractivity contribution in [2.24, 2.45) is 16.8 Å². The molecule has 1 aliphatic heterocycles. The zero-order chi connectivity index (χ0) is 42.5. The van der Waals surface area contributed by atoms with Crippen molar-refractivity contribution in [2.45, 2.75) is 70.1 Å². The Morgan fingerprint density at radius 2 is 1.14 bits per heavy atom. The van der Waals surface area contributed by atoms with Gasteiger partial charge in [-0.05, 0) is 94.8 Å². The standard InChI is InChI=1S/C61H54N2.Fe/c1-41-36-42(2)58(43(3)37-41)59(54-32-34-56(62-54)60(47-22-9-4-10-23-47,48-24-11-5-12-25-48)49-26-13-6-14-27-49)55-33-35-57(63-55)61(50-28-15-7-16-29-50,51-30-17-8-18-31-51)53-40-46-38-44-20-19-21-45(53)39-52(44)46;/h4-18,22-37,45,53H,19-21,38-40H2,1-3H3;/q-2;+2/b59-54+;/t45-,53-;/m0./s1. The van der Waals surface area contributed by atoms with E-state index in [0.717, 1.165) is 34.8 Å². The van der Waals surface area contributed by atoms with Crippen molar-refractivity contribution < 1.29 is 17.1 Å². The molecular formula is C61H54FeN2. The fourth-order valence-electron chi connectivity index (χ4n) is 12.4. The molecule has 4 aliphatic rings. The molecule has 6 aromatic carbocycles. The fraction of sp³-hybridized carbons (Fsp3) is 0.213. The van der Waals surface area contributed by atoms with Gasteiger partial charge >= 0.3 is 17.1 Å². The molecular weight excluding hydrogens is 817 g/mol. The molecule has 0 amide bonds. The Bertz CT molecular complexity index is 2760. The average Bonchev–Trinajstić information content (AvgIpc) is 4.00. The van der Waals surface area contributed by atoms with Crippen molar-refractivity contribution in [3.63, 3.8) is 0 Å². The fourth-order valence-corrected chi connectivity index (χ4v) is 12.4. The molecule has 3 heteroatoms. The summed E-state index contributed by atoms with van der Waals surface area (Å²) in [6, 6.07) is 64.8. The van der Waals surface area contributed by atoms with Crippen molar-refractivity contribution in [3.05, 3.63) is 272 Å². The predicted octanol–water partition coefficient (Wildman–Crippen LogP) is 14.2. The summed E-state index contributed by atoms with van der Waals surface area (Å²) < 4.78 is 0. The van der Waals surface area contributed by atoms with E-state index in [9.17, 15) is 0 Å². The number of rotatable bonds is 10. The first-order valence-corrected chi connectivity index (χ1v) is 23.0. The van der Waals surface area contributed by atoms with Gasteiger partial charge in [0.05, 0.1) is 16.8 Å². The maximum absolute atomic E-state index is 5.98. The Balaban J connectivity index is 0.00000484. The van der Waals surface area contributed by atoms with Gasteiger partial charge in [-0.1, -0.05) is 214 Å². The van der Waals surface area contributed by atoms with Gasteiger partial charge in [0.15, 0.2) is 0 Å². The van der Waals surface area contributed by atoms with E-state index in [1.54, 1.807) is 17.1 Å². The number of aryl methyl sites for hydroxylation is 3. The summed E-state index contributed by atoms with van der Waals surface area (Å²) in [5.74, 6) is 2.65. The molecule has 2 nitrogen and oxygen atoms in total. The van der Waals surface area contributed by atoms with Crippen LogP contribution in [-0.2, 0) is 27.9 Å². The number of aromatic nitrogens is 1. The van der Waals surface area contributed by atoms with Crippen LogP contribution in [0.1, 0.15) is 100.0 Å². The number of allylic oxidation sites excluding steroid dienone is 4. The topological polar surface area (TPSA) is 26.5 Å². The van der Waals surface area contributed by atoms with Gasteiger partial charge in [0.1, 0.15) is 0 Å². The molecule has 64 heavy (non-hydrogen) atoms. The second-order valence-electron chi connectivity index (χ2n) is 18.5. The van der Waals surface area contributed by atoms with E-state index in [0.29, 0.717) is 11.8 Å². The summed E-state index contributed by atoms with van der Waals surface area (Å²) in [7, 11) is 0. The molecule has 2 heterocycles. The van der Waals surface area contributed by atoms with Gasteiger partial charge in [-0.2, -0.15) is 0 Å². The smallest absolute Gasteiger partial charge is 0.660 e. The van der Waals surface area contributed by atoms with Crippen LogP contribution in [0.25, 0.3) is 5.57 Å². The number of hydrogen-bond acceptors (Lipinski definition) is 1. The van der Waals surface area contributed by atoms with Crippen LogP contribution in [0.5, 0.6) is 0 Å². The molecule has 2 atom stereocenters. The molecule has 0 saturated heterocycles. The predicted molar refractivity (Wildman–Crippen MR) is 260 cm³/mol. The minimum Gasteiger partial charge on any atom is -0.660 e. The number of benzene rings is 6. The first-order chi connectivity index (χ1) is 31.0. The van der Waals surface area contributed by atoms with E-state index in [-0.39, 0.29) is 17.1 Å². The monoisotopic (exact) mass is 870 g/mol. The Labute approximate surface area is 390 Å². The maximum Gasteiger partial charge on any atom is 2.00 e. The van der Waals surface area contributed by atoms with Crippen LogP contribution in [-0.4, -0.2) is 5.71 Å². The number of nitrogens with zero attached hydrogens (tertiary/aromatic N) is 2. The number of hydrogen-bond donors (Lipinski definition) is 0. The molecule has 0 radical (unpaired) electrons. The SMILES string of the molecule is Cc1cc(C)c(/C(=C2\C=CC(C(c3ccccc3)(c3ccccc3)c3ccccc3)=N2)c2ccc(C(c3ccccc3)(c3ccccc3)[C@H]3C[C-]4CC5=C4C[C@@H]3CCC5)[n-]2)c(C)c1.[Fe+2]. The molecule has 11 rings (SSSR count). The quantitative estimate of drug-likeness (QED) is 0.0764. The Kier molecular flexibility index (Phi) is 11.2. The average molecular weight is 871 g/mol. The van der Waals surface area contributed by atoms with Gasteiger partial charge in [-0.3, -0.25) is 4.99 Å². The normalized spacial score (nSPS) is 18.8. The van der Waals surface area contributed by atoms with Crippen molar-refractivity contribution in [1.29, 1.82) is 0 Å². The third-order valence-electron chi connectivity index (χ3n) is 15.0. The van der Waals surface area contributed by atoms with E-state index in [4.69, 9.17) is 9.98 Å².